The van der Waals surface area contributed by atoms with Crippen molar-refractivity contribution in [1.82, 2.24) is 14.8 Å². The van der Waals surface area contributed by atoms with Crippen LogP contribution >= 0.6 is 11.3 Å². The quantitative estimate of drug-likeness (QED) is 0.483. The fourth-order valence-corrected chi connectivity index (χ4v) is 8.16. The molecular weight excluding hydrogens is 506 g/mol. The fourth-order valence-electron chi connectivity index (χ4n) is 6.73. The van der Waals surface area contributed by atoms with Crippen LogP contribution in [0.5, 0.6) is 0 Å². The third-order valence-electron chi connectivity index (χ3n) is 9.23. The predicted octanol–water partition coefficient (Wildman–Crippen LogP) is 4.84. The van der Waals surface area contributed by atoms with Gasteiger partial charge in [-0.15, -0.1) is 11.3 Å². The standard InChI is InChI=1S/C31H43N5O2S/c1-18(13-32)14-33-24-15-36(16-24)25-8-6-23(7-9-25)21(4)29-22(5)28-27(39-29)10-11-35(31(28)38)17-26-19(2)12-20(3)34-30(26)37/h12-14,21,23-25H,6-11,15-17,32H2,1-5H3,(H,34,37)/t21-,23?,25?/m1/s1. The molecule has 3 aliphatic rings. The van der Waals surface area contributed by atoms with Gasteiger partial charge in [-0.05, 0) is 94.2 Å². The van der Waals surface area contributed by atoms with Gasteiger partial charge in [-0.2, -0.15) is 0 Å². The first kappa shape index (κ1) is 27.8. The third kappa shape index (κ3) is 5.64. The second-order valence-corrected chi connectivity index (χ2v) is 13.1. The van der Waals surface area contributed by atoms with Gasteiger partial charge in [0.05, 0.1) is 18.2 Å². The maximum Gasteiger partial charge on any atom is 0.255 e. The molecule has 4 heterocycles. The molecule has 0 spiro atoms. The van der Waals surface area contributed by atoms with E-state index in [-0.39, 0.29) is 11.5 Å². The van der Waals surface area contributed by atoms with E-state index in [9.17, 15) is 9.59 Å². The van der Waals surface area contributed by atoms with E-state index in [2.05, 4.69) is 28.7 Å². The number of carbonyl (C=O) groups is 1. The Bertz CT molecular complexity index is 1340. The van der Waals surface area contributed by atoms with Gasteiger partial charge in [0.15, 0.2) is 0 Å². The molecule has 1 saturated carbocycles. The van der Waals surface area contributed by atoms with Gasteiger partial charge in [-0.3, -0.25) is 19.5 Å². The summed E-state index contributed by atoms with van der Waals surface area (Å²) in [6.07, 6.45) is 9.34. The second kappa shape index (κ2) is 11.4. The highest BCUT2D eigenvalue weighted by Crippen LogP contribution is 2.44. The lowest BCUT2D eigenvalue weighted by Crippen LogP contribution is -2.55. The van der Waals surface area contributed by atoms with Crippen LogP contribution in [0.15, 0.2) is 27.6 Å². The highest BCUT2D eigenvalue weighted by Gasteiger charge is 2.37. The lowest BCUT2D eigenvalue weighted by molar-refractivity contribution is 0.0597. The van der Waals surface area contributed by atoms with Crippen molar-refractivity contribution in [3.63, 3.8) is 0 Å². The Hall–Kier alpha value is -2.71. The number of aromatic nitrogens is 1. The van der Waals surface area contributed by atoms with E-state index < -0.39 is 0 Å². The molecule has 2 aromatic heterocycles. The Labute approximate surface area is 236 Å². The number of aryl methyl sites for hydroxylation is 2. The van der Waals surface area contributed by atoms with E-state index in [4.69, 9.17) is 5.73 Å². The van der Waals surface area contributed by atoms with Crippen LogP contribution < -0.4 is 11.3 Å². The summed E-state index contributed by atoms with van der Waals surface area (Å²) in [6.45, 7) is 13.5. The van der Waals surface area contributed by atoms with Crippen LogP contribution in [-0.4, -0.2) is 58.6 Å². The molecule has 1 amide bonds. The first-order valence-electron chi connectivity index (χ1n) is 14.4. The van der Waals surface area contributed by atoms with Crippen molar-refractivity contribution >= 4 is 23.5 Å². The Morgan fingerprint density at radius 2 is 1.92 bits per heavy atom. The largest absolute Gasteiger partial charge is 0.404 e. The molecule has 8 heteroatoms. The number of rotatable bonds is 7. The molecule has 2 aromatic rings. The van der Waals surface area contributed by atoms with Crippen LogP contribution in [0.1, 0.15) is 87.9 Å². The number of carbonyl (C=O) groups excluding carboxylic acids is 1. The van der Waals surface area contributed by atoms with Crippen LogP contribution in [0, 0.1) is 26.7 Å². The smallest absolute Gasteiger partial charge is 0.255 e. The molecule has 1 atom stereocenters. The molecule has 1 aliphatic carbocycles. The second-order valence-electron chi connectivity index (χ2n) is 12.0. The number of aliphatic imine (C=N–C) groups is 1. The Morgan fingerprint density at radius 1 is 1.21 bits per heavy atom. The van der Waals surface area contributed by atoms with Crippen LogP contribution in [0.4, 0.5) is 0 Å². The molecule has 2 aliphatic heterocycles. The first-order chi connectivity index (χ1) is 18.7. The van der Waals surface area contributed by atoms with Gasteiger partial charge >= 0.3 is 0 Å². The molecule has 210 valence electrons. The van der Waals surface area contributed by atoms with Crippen LogP contribution in [0.25, 0.3) is 0 Å². The van der Waals surface area contributed by atoms with Crippen molar-refractivity contribution in [2.24, 2.45) is 16.6 Å². The van der Waals surface area contributed by atoms with Crippen molar-refractivity contribution in [3.8, 4) is 0 Å². The van der Waals surface area contributed by atoms with Gasteiger partial charge in [0.2, 0.25) is 0 Å². The molecule has 1 saturated heterocycles. The highest BCUT2D eigenvalue weighted by atomic mass is 32.1. The summed E-state index contributed by atoms with van der Waals surface area (Å²) < 4.78 is 0. The zero-order valence-corrected chi connectivity index (χ0v) is 24.9. The minimum Gasteiger partial charge on any atom is -0.404 e. The number of nitrogens with one attached hydrogen (secondary N) is 1. The highest BCUT2D eigenvalue weighted by molar-refractivity contribution is 7.12. The van der Waals surface area contributed by atoms with Crippen LogP contribution in [0.2, 0.25) is 0 Å². The number of H-pyrrole nitrogens is 1. The van der Waals surface area contributed by atoms with Crippen LogP contribution in [0.3, 0.4) is 0 Å². The number of likely N-dealkylation sites (tertiary alicyclic amines) is 1. The van der Waals surface area contributed by atoms with E-state index in [1.54, 1.807) is 6.20 Å². The molecule has 0 aromatic carbocycles. The number of pyridine rings is 1. The monoisotopic (exact) mass is 549 g/mol. The number of amides is 1. The number of hydrogen-bond donors (Lipinski definition) is 2. The molecular formula is C31H43N5O2S. The lowest BCUT2D eigenvalue weighted by atomic mass is 9.76. The zero-order valence-electron chi connectivity index (χ0n) is 24.0. The van der Waals surface area contributed by atoms with E-state index in [1.165, 1.54) is 41.0 Å². The number of nitrogens with zero attached hydrogens (tertiary/aromatic N) is 3. The van der Waals surface area contributed by atoms with Gasteiger partial charge < -0.3 is 15.6 Å². The average molecular weight is 550 g/mol. The molecule has 39 heavy (non-hydrogen) atoms. The van der Waals surface area contributed by atoms with Gasteiger partial charge in [0, 0.05) is 59.3 Å². The van der Waals surface area contributed by atoms with E-state index in [0.29, 0.717) is 42.6 Å². The van der Waals surface area contributed by atoms with E-state index in [0.717, 1.165) is 41.9 Å². The average Bonchev–Trinajstić information content (AvgIpc) is 3.23. The van der Waals surface area contributed by atoms with Crippen molar-refractivity contribution < 1.29 is 4.79 Å². The minimum atomic E-state index is -0.0848. The number of hydrogen-bond acceptors (Lipinski definition) is 6. The van der Waals surface area contributed by atoms with Crippen molar-refractivity contribution in [3.05, 3.63) is 65.9 Å². The molecule has 3 N–H and O–H groups in total. The maximum absolute atomic E-state index is 13.6. The summed E-state index contributed by atoms with van der Waals surface area (Å²) >= 11 is 1.86. The van der Waals surface area contributed by atoms with E-state index >= 15 is 0 Å². The molecule has 0 bridgehead atoms. The van der Waals surface area contributed by atoms with Crippen molar-refractivity contribution in [1.29, 1.82) is 0 Å². The number of allylic oxidation sites excluding steroid dienone is 1. The maximum atomic E-state index is 13.6. The number of thiophene rings is 1. The fraction of sp³-hybridized carbons (Fsp3) is 0.581. The third-order valence-corrected chi connectivity index (χ3v) is 10.8. The SMILES string of the molecule is CC(C=NC1CN(C2CCC([C@@H](C)c3sc4c(c3C)C(=O)N(Cc3c(C)cc(C)[nH]c3=O)CC4)CC2)C1)=CN. The summed E-state index contributed by atoms with van der Waals surface area (Å²) in [5, 5.41) is 0. The summed E-state index contributed by atoms with van der Waals surface area (Å²) in [6, 6.07) is 3.06. The van der Waals surface area contributed by atoms with Gasteiger partial charge in [-0.25, -0.2) is 0 Å². The van der Waals surface area contributed by atoms with Crippen LogP contribution in [-0.2, 0) is 13.0 Å². The molecule has 2 fully saturated rings. The summed E-state index contributed by atoms with van der Waals surface area (Å²) in [5.74, 6) is 1.20. The lowest BCUT2D eigenvalue weighted by Gasteiger charge is -2.45. The molecule has 0 unspecified atom stereocenters. The molecule has 0 radical (unpaired) electrons. The van der Waals surface area contributed by atoms with Gasteiger partial charge in [0.1, 0.15) is 0 Å². The van der Waals surface area contributed by atoms with Crippen molar-refractivity contribution in [2.45, 2.75) is 91.3 Å². The Morgan fingerprint density at radius 3 is 2.59 bits per heavy atom. The molecule has 5 rings (SSSR count). The number of aromatic amines is 1. The Balaban J connectivity index is 1.20. The number of fused-ring (bicyclic) bond motifs is 1. The predicted molar refractivity (Wildman–Crippen MR) is 160 cm³/mol. The first-order valence-corrected chi connectivity index (χ1v) is 15.2. The topological polar surface area (TPSA) is 94.8 Å². The minimum absolute atomic E-state index is 0.0821. The number of nitrogens with two attached hydrogens (primary N) is 1. The Kier molecular flexibility index (Phi) is 8.15. The van der Waals surface area contributed by atoms with Crippen molar-refractivity contribution in [2.75, 3.05) is 19.6 Å². The van der Waals surface area contributed by atoms with Gasteiger partial charge in [0.25, 0.3) is 11.5 Å². The van der Waals surface area contributed by atoms with Gasteiger partial charge in [-0.1, -0.05) is 6.92 Å². The summed E-state index contributed by atoms with van der Waals surface area (Å²) in [7, 11) is 0. The van der Waals surface area contributed by atoms with E-state index in [1.807, 2.05) is 49.3 Å². The summed E-state index contributed by atoms with van der Waals surface area (Å²) in [4.78, 5) is 40.9. The molecule has 7 nitrogen and oxygen atoms in total. The summed E-state index contributed by atoms with van der Waals surface area (Å²) in [5.41, 5.74) is 11.0. The normalized spacial score (nSPS) is 23.8. The zero-order chi connectivity index (χ0) is 27.8.